The highest BCUT2D eigenvalue weighted by atomic mass is 16.2. The molecule has 0 aromatic carbocycles. The van der Waals surface area contributed by atoms with Crippen LogP contribution >= 0.6 is 0 Å². The van der Waals surface area contributed by atoms with E-state index in [1.807, 2.05) is 19.2 Å². The van der Waals surface area contributed by atoms with Crippen LogP contribution in [0.25, 0.3) is 0 Å². The van der Waals surface area contributed by atoms with Crippen LogP contribution in [0.5, 0.6) is 0 Å². The van der Waals surface area contributed by atoms with Gasteiger partial charge in [-0.3, -0.25) is 9.48 Å². The molecule has 4 nitrogen and oxygen atoms in total. The second kappa shape index (κ2) is 5.86. The van der Waals surface area contributed by atoms with E-state index < -0.39 is 0 Å². The Hall–Kier alpha value is -1.76. The number of amides is 1. The molecule has 0 fully saturated rings. The number of hydrogen-bond acceptors (Lipinski definition) is 2. The maximum Gasteiger partial charge on any atom is 0.225 e. The third-order valence-electron chi connectivity index (χ3n) is 2.13. The van der Waals surface area contributed by atoms with Crippen LogP contribution < -0.4 is 0 Å². The molecular weight excluding hydrogens is 190 g/mol. The largest absolute Gasteiger partial charge is 0.332 e. The quantitative estimate of drug-likeness (QED) is 0.665. The summed E-state index contributed by atoms with van der Waals surface area (Å²) < 4.78 is 1.74. The molecule has 0 spiro atoms. The van der Waals surface area contributed by atoms with Gasteiger partial charge >= 0.3 is 0 Å². The molecule has 1 aromatic heterocycles. The fourth-order valence-corrected chi connectivity index (χ4v) is 1.29. The molecule has 0 saturated carbocycles. The summed E-state index contributed by atoms with van der Waals surface area (Å²) in [5.74, 6) is 2.55. The Labute approximate surface area is 89.9 Å². The molecule has 80 valence electrons. The Kier molecular flexibility index (Phi) is 4.42. The van der Waals surface area contributed by atoms with E-state index in [1.54, 1.807) is 15.8 Å². The summed E-state index contributed by atoms with van der Waals surface area (Å²) >= 11 is 0. The molecule has 0 radical (unpaired) electrons. The average molecular weight is 205 g/mol. The monoisotopic (exact) mass is 205 g/mol. The van der Waals surface area contributed by atoms with Gasteiger partial charge in [0, 0.05) is 31.9 Å². The van der Waals surface area contributed by atoms with Crippen LogP contribution in [0.3, 0.4) is 0 Å². The molecule has 0 aliphatic rings. The summed E-state index contributed by atoms with van der Waals surface area (Å²) in [5.41, 5.74) is 0. The van der Waals surface area contributed by atoms with Crippen molar-refractivity contribution in [2.75, 3.05) is 13.1 Å². The van der Waals surface area contributed by atoms with Gasteiger partial charge in [-0.25, -0.2) is 0 Å². The summed E-state index contributed by atoms with van der Waals surface area (Å²) in [7, 11) is 0. The minimum absolute atomic E-state index is 0.0750. The third-order valence-corrected chi connectivity index (χ3v) is 2.13. The van der Waals surface area contributed by atoms with Crippen LogP contribution in [-0.2, 0) is 11.3 Å². The average Bonchev–Trinajstić information content (AvgIpc) is 2.75. The predicted octanol–water partition coefficient (Wildman–Crippen LogP) is 0.755. The van der Waals surface area contributed by atoms with Crippen LogP contribution in [0.2, 0.25) is 0 Å². The number of carbonyl (C=O) groups excluding carboxylic acids is 1. The smallest absolute Gasteiger partial charge is 0.225 e. The highest BCUT2D eigenvalue weighted by Gasteiger charge is 2.09. The Morgan fingerprint density at radius 2 is 2.47 bits per heavy atom. The van der Waals surface area contributed by atoms with Gasteiger partial charge in [0.2, 0.25) is 5.91 Å². The van der Waals surface area contributed by atoms with E-state index in [2.05, 4.69) is 11.0 Å². The molecular formula is C11H15N3O. The highest BCUT2D eigenvalue weighted by molar-refractivity contribution is 5.76. The van der Waals surface area contributed by atoms with E-state index in [0.717, 1.165) is 0 Å². The van der Waals surface area contributed by atoms with Crippen molar-refractivity contribution in [1.29, 1.82) is 0 Å². The first-order valence-electron chi connectivity index (χ1n) is 4.96. The molecule has 0 N–H and O–H groups in total. The fourth-order valence-electron chi connectivity index (χ4n) is 1.29. The molecule has 1 aromatic rings. The van der Waals surface area contributed by atoms with Crippen molar-refractivity contribution in [3.63, 3.8) is 0 Å². The zero-order valence-electron chi connectivity index (χ0n) is 8.89. The van der Waals surface area contributed by atoms with Crippen molar-refractivity contribution < 1.29 is 4.79 Å². The Morgan fingerprint density at radius 1 is 1.67 bits per heavy atom. The fraction of sp³-hybridized carbons (Fsp3) is 0.455. The molecule has 4 heteroatoms. The number of nitrogens with zero attached hydrogens (tertiary/aromatic N) is 3. The molecule has 15 heavy (non-hydrogen) atoms. The predicted molar refractivity (Wildman–Crippen MR) is 57.9 cm³/mol. The van der Waals surface area contributed by atoms with Crippen molar-refractivity contribution in [3.8, 4) is 12.3 Å². The molecule has 1 rings (SSSR count). The second-order valence-corrected chi connectivity index (χ2v) is 3.13. The van der Waals surface area contributed by atoms with Crippen LogP contribution in [0.15, 0.2) is 18.5 Å². The van der Waals surface area contributed by atoms with Crippen molar-refractivity contribution >= 4 is 5.91 Å². The van der Waals surface area contributed by atoms with Crippen LogP contribution in [0, 0.1) is 12.3 Å². The van der Waals surface area contributed by atoms with E-state index in [-0.39, 0.29) is 5.91 Å². The number of terminal acetylenes is 1. The second-order valence-electron chi connectivity index (χ2n) is 3.13. The van der Waals surface area contributed by atoms with Gasteiger partial charge < -0.3 is 4.90 Å². The number of aromatic nitrogens is 2. The van der Waals surface area contributed by atoms with Crippen LogP contribution in [0.1, 0.15) is 13.3 Å². The highest BCUT2D eigenvalue weighted by Crippen LogP contribution is 1.96. The summed E-state index contributed by atoms with van der Waals surface area (Å²) in [6.07, 6.45) is 9.15. The first kappa shape index (κ1) is 11.3. The van der Waals surface area contributed by atoms with E-state index in [1.165, 1.54) is 0 Å². The summed E-state index contributed by atoms with van der Waals surface area (Å²) in [4.78, 5) is 13.3. The lowest BCUT2D eigenvalue weighted by atomic mass is 10.3. The lowest BCUT2D eigenvalue weighted by Crippen LogP contribution is -2.31. The van der Waals surface area contributed by atoms with Crippen molar-refractivity contribution in [2.24, 2.45) is 0 Å². The van der Waals surface area contributed by atoms with Crippen molar-refractivity contribution in [2.45, 2.75) is 19.9 Å². The molecule has 0 atom stereocenters. The van der Waals surface area contributed by atoms with Gasteiger partial charge in [-0.1, -0.05) is 5.92 Å². The van der Waals surface area contributed by atoms with Gasteiger partial charge in [0.1, 0.15) is 0 Å². The zero-order valence-corrected chi connectivity index (χ0v) is 8.89. The van der Waals surface area contributed by atoms with Gasteiger partial charge in [0.15, 0.2) is 0 Å². The lowest BCUT2D eigenvalue weighted by Gasteiger charge is -2.17. The van der Waals surface area contributed by atoms with E-state index >= 15 is 0 Å². The van der Waals surface area contributed by atoms with Gasteiger partial charge in [0.05, 0.1) is 6.54 Å². The molecule has 0 saturated heterocycles. The standard InChI is InChI=1S/C11H15N3O/c1-3-8-13(4-2)11(15)6-10-14-9-5-7-12-14/h1,5,7,9H,4,6,8,10H2,2H3. The number of hydrogen-bond donors (Lipinski definition) is 0. The van der Waals surface area contributed by atoms with Crippen LogP contribution in [-0.4, -0.2) is 33.7 Å². The Balaban J connectivity index is 2.38. The first-order chi connectivity index (χ1) is 7.27. The molecule has 0 bridgehead atoms. The Morgan fingerprint density at radius 3 is 3.00 bits per heavy atom. The van der Waals surface area contributed by atoms with Crippen LogP contribution in [0.4, 0.5) is 0 Å². The van der Waals surface area contributed by atoms with E-state index in [0.29, 0.717) is 26.1 Å². The molecule has 0 aliphatic carbocycles. The summed E-state index contributed by atoms with van der Waals surface area (Å²) in [5, 5.41) is 4.02. The summed E-state index contributed by atoms with van der Waals surface area (Å²) in [6.45, 7) is 3.56. The van der Waals surface area contributed by atoms with Gasteiger partial charge in [-0.15, -0.1) is 6.42 Å². The van der Waals surface area contributed by atoms with Gasteiger partial charge in [0.25, 0.3) is 0 Å². The first-order valence-corrected chi connectivity index (χ1v) is 4.96. The minimum atomic E-state index is 0.0750. The van der Waals surface area contributed by atoms with Gasteiger partial charge in [-0.2, -0.15) is 5.10 Å². The molecule has 1 amide bonds. The van der Waals surface area contributed by atoms with E-state index in [9.17, 15) is 4.79 Å². The van der Waals surface area contributed by atoms with Crippen molar-refractivity contribution in [1.82, 2.24) is 14.7 Å². The number of aryl methyl sites for hydroxylation is 1. The maximum absolute atomic E-state index is 11.6. The topological polar surface area (TPSA) is 38.1 Å². The summed E-state index contributed by atoms with van der Waals surface area (Å²) in [6, 6.07) is 1.84. The lowest BCUT2D eigenvalue weighted by molar-refractivity contribution is -0.130. The normalized spacial score (nSPS) is 9.60. The number of rotatable bonds is 5. The number of carbonyl (C=O) groups is 1. The third kappa shape index (κ3) is 3.47. The molecule has 0 aliphatic heterocycles. The van der Waals surface area contributed by atoms with Crippen molar-refractivity contribution in [3.05, 3.63) is 18.5 Å². The molecule has 1 heterocycles. The van der Waals surface area contributed by atoms with Gasteiger partial charge in [-0.05, 0) is 13.0 Å². The minimum Gasteiger partial charge on any atom is -0.332 e. The molecule has 0 unspecified atom stereocenters. The van der Waals surface area contributed by atoms with E-state index in [4.69, 9.17) is 6.42 Å². The SMILES string of the molecule is C#CCN(CC)C(=O)CCn1cccn1. The maximum atomic E-state index is 11.6. The zero-order chi connectivity index (χ0) is 11.1. The Bertz CT molecular complexity index is 337.